The minimum Gasteiger partial charge on any atom is -0.389 e. The molecular weight excluding hydrogens is 653 g/mol. The molecule has 2 nitrogen and oxygen atoms in total. The van der Waals surface area contributed by atoms with Crippen LogP contribution in [0.2, 0.25) is 0 Å². The normalized spacial score (nSPS) is 13.5. The Morgan fingerprint density at radius 2 is 1.30 bits per heavy atom. The second kappa shape index (κ2) is 36.6. The standard InChI is InChI=1S/C16H25N.C15H31N.C10H22.C6H10.C5H10/c1-13-5-6-15(11-14(13)2)12-17-9-7-16(3,4)8-10-17;1-4-6-8-9-10-11-12-13-15(3)16-14-7-5-2;1-5-8-10(4,7-3)9-6-2;1-4-5-6(2)3;1-4-5(2)3/h5-6,11H,7-10,12H2,1-4H3;16H,3-14H2,1-2H3;5-9H2,1-4H3;4-5H,2H2,1,3H3;2,4H2,1,3H3/b;;;5-4+;. The smallest absolute Gasteiger partial charge is 0.0233 e. The van der Waals surface area contributed by atoms with Gasteiger partial charge in [-0.25, -0.2) is 0 Å². The van der Waals surface area contributed by atoms with Gasteiger partial charge in [0.1, 0.15) is 0 Å². The number of nitrogens with zero attached hydrogens (tertiary/aromatic N) is 1. The number of nitrogens with one attached hydrogen (secondary N) is 1. The zero-order chi connectivity index (χ0) is 41.8. The summed E-state index contributed by atoms with van der Waals surface area (Å²) in [5.41, 5.74) is 9.08. The minimum atomic E-state index is 0.555. The number of rotatable bonds is 21. The number of piperidine rings is 1. The summed E-state index contributed by atoms with van der Waals surface area (Å²) in [5.74, 6) is 0. The summed E-state index contributed by atoms with van der Waals surface area (Å²) in [6.07, 6.45) is 27.9. The molecule has 1 saturated heterocycles. The predicted molar refractivity (Wildman–Crippen MR) is 252 cm³/mol. The summed E-state index contributed by atoms with van der Waals surface area (Å²) >= 11 is 0. The van der Waals surface area contributed by atoms with Crippen LogP contribution in [0.3, 0.4) is 0 Å². The van der Waals surface area contributed by atoms with Crippen molar-refractivity contribution in [3.05, 3.63) is 83.6 Å². The molecule has 0 spiro atoms. The average Bonchev–Trinajstić information content (AvgIpc) is 3.12. The molecule has 0 bridgehead atoms. The van der Waals surface area contributed by atoms with Crippen LogP contribution in [0.1, 0.15) is 215 Å². The second-order valence-electron chi connectivity index (χ2n) is 17.4. The van der Waals surface area contributed by atoms with Gasteiger partial charge >= 0.3 is 0 Å². The van der Waals surface area contributed by atoms with Gasteiger partial charge in [0.05, 0.1) is 0 Å². The molecule has 1 N–H and O–H groups in total. The van der Waals surface area contributed by atoms with Crippen LogP contribution < -0.4 is 5.32 Å². The van der Waals surface area contributed by atoms with Crippen LogP contribution >= 0.6 is 0 Å². The fourth-order valence-corrected chi connectivity index (χ4v) is 6.27. The summed E-state index contributed by atoms with van der Waals surface area (Å²) in [7, 11) is 0. The van der Waals surface area contributed by atoms with Gasteiger partial charge in [-0.1, -0.05) is 181 Å². The van der Waals surface area contributed by atoms with Crippen molar-refractivity contribution in [3.8, 4) is 0 Å². The molecule has 316 valence electrons. The number of unbranched alkanes of at least 4 members (excludes halogenated alkanes) is 7. The Hall–Kier alpha value is -2.06. The van der Waals surface area contributed by atoms with Crippen LogP contribution in [-0.4, -0.2) is 24.5 Å². The van der Waals surface area contributed by atoms with Crippen LogP contribution in [0.4, 0.5) is 0 Å². The molecule has 2 rings (SSSR count). The van der Waals surface area contributed by atoms with E-state index in [1.54, 1.807) is 0 Å². The summed E-state index contributed by atoms with van der Waals surface area (Å²) < 4.78 is 0. The molecule has 1 aromatic carbocycles. The van der Waals surface area contributed by atoms with E-state index in [2.05, 4.69) is 124 Å². The van der Waals surface area contributed by atoms with Crippen LogP contribution in [-0.2, 0) is 6.54 Å². The predicted octanol–water partition coefficient (Wildman–Crippen LogP) is 17.1. The molecule has 0 unspecified atom stereocenters. The molecule has 1 heterocycles. The first-order chi connectivity index (χ1) is 25.5. The Labute approximate surface area is 342 Å². The van der Waals surface area contributed by atoms with Gasteiger partial charge in [-0.2, -0.15) is 0 Å². The van der Waals surface area contributed by atoms with Gasteiger partial charge in [0, 0.05) is 18.8 Å². The lowest BCUT2D eigenvalue weighted by atomic mass is 9.79. The van der Waals surface area contributed by atoms with Crippen LogP contribution in [0, 0.1) is 24.7 Å². The van der Waals surface area contributed by atoms with Crippen molar-refractivity contribution in [2.24, 2.45) is 10.8 Å². The van der Waals surface area contributed by atoms with Crippen molar-refractivity contribution >= 4 is 0 Å². The number of aryl methyl sites for hydroxylation is 2. The molecule has 0 aliphatic carbocycles. The molecule has 1 fully saturated rings. The summed E-state index contributed by atoms with van der Waals surface area (Å²) in [5, 5.41) is 3.40. The minimum absolute atomic E-state index is 0.555. The zero-order valence-electron chi connectivity index (χ0n) is 39.5. The zero-order valence-corrected chi connectivity index (χ0v) is 39.5. The van der Waals surface area contributed by atoms with Crippen molar-refractivity contribution < 1.29 is 0 Å². The number of allylic oxidation sites excluding steroid dienone is 5. The topological polar surface area (TPSA) is 15.3 Å². The van der Waals surface area contributed by atoms with E-state index in [-0.39, 0.29) is 0 Å². The number of hydrogen-bond donors (Lipinski definition) is 1. The molecule has 0 aromatic heterocycles. The molecule has 0 atom stereocenters. The second-order valence-corrected chi connectivity index (χ2v) is 17.4. The summed E-state index contributed by atoms with van der Waals surface area (Å²) in [4.78, 5) is 2.59. The Kier molecular flexibility index (Phi) is 38.1. The maximum Gasteiger partial charge on any atom is 0.0233 e. The van der Waals surface area contributed by atoms with E-state index in [4.69, 9.17) is 0 Å². The SMILES string of the molecule is C=C(C)/C=C/C.C=C(C)CC.C=C(CCCCCCCCC)NCCCC.CCCC(C)(CC)CCC.Cc1ccc(CN2CCC(C)(C)CC2)cc1C. The van der Waals surface area contributed by atoms with Gasteiger partial charge in [-0.05, 0) is 127 Å². The van der Waals surface area contributed by atoms with Crippen molar-refractivity contribution in [2.45, 2.75) is 219 Å². The quantitative estimate of drug-likeness (QED) is 0.0765. The third-order valence-electron chi connectivity index (χ3n) is 10.8. The van der Waals surface area contributed by atoms with Crippen LogP contribution in [0.15, 0.2) is 66.9 Å². The van der Waals surface area contributed by atoms with Crippen molar-refractivity contribution in [1.82, 2.24) is 10.2 Å². The van der Waals surface area contributed by atoms with Crippen molar-refractivity contribution in [1.29, 1.82) is 0 Å². The average molecular weight is 751 g/mol. The molecule has 1 aliphatic heterocycles. The fourth-order valence-electron chi connectivity index (χ4n) is 6.27. The Morgan fingerprint density at radius 3 is 1.70 bits per heavy atom. The van der Waals surface area contributed by atoms with Gasteiger partial charge in [-0.3, -0.25) is 4.90 Å². The van der Waals surface area contributed by atoms with Crippen LogP contribution in [0.25, 0.3) is 0 Å². The molecule has 54 heavy (non-hydrogen) atoms. The molecule has 0 saturated carbocycles. The van der Waals surface area contributed by atoms with Crippen molar-refractivity contribution in [2.75, 3.05) is 19.6 Å². The Balaban J connectivity index is -0.000000648. The first-order valence-corrected chi connectivity index (χ1v) is 22.6. The van der Waals surface area contributed by atoms with E-state index in [9.17, 15) is 0 Å². The molecule has 1 aromatic rings. The van der Waals surface area contributed by atoms with Gasteiger partial charge in [-0.15, -0.1) is 6.58 Å². The lowest BCUT2D eigenvalue weighted by Gasteiger charge is -2.37. The highest BCUT2D eigenvalue weighted by Gasteiger charge is 2.25. The molecule has 1 aliphatic rings. The third-order valence-corrected chi connectivity index (χ3v) is 10.8. The van der Waals surface area contributed by atoms with Gasteiger partial charge in [0.25, 0.3) is 0 Å². The van der Waals surface area contributed by atoms with Gasteiger partial charge in [0.15, 0.2) is 0 Å². The van der Waals surface area contributed by atoms with E-state index in [0.29, 0.717) is 10.8 Å². The Morgan fingerprint density at radius 1 is 0.778 bits per heavy atom. The van der Waals surface area contributed by atoms with Crippen molar-refractivity contribution in [3.63, 3.8) is 0 Å². The first-order valence-electron chi connectivity index (χ1n) is 22.6. The van der Waals surface area contributed by atoms with Crippen LogP contribution in [0.5, 0.6) is 0 Å². The highest BCUT2D eigenvalue weighted by Crippen LogP contribution is 2.32. The Bertz CT molecular complexity index is 1060. The van der Waals surface area contributed by atoms with E-state index >= 15 is 0 Å². The van der Waals surface area contributed by atoms with Gasteiger partial charge < -0.3 is 5.32 Å². The molecular formula is C52H98N2. The summed E-state index contributed by atoms with van der Waals surface area (Å²) in [6.45, 7) is 47.2. The fraction of sp³-hybridized carbons (Fsp3) is 0.731. The number of benzene rings is 1. The highest BCUT2D eigenvalue weighted by atomic mass is 15.1. The number of likely N-dealkylation sites (tertiary alicyclic amines) is 1. The highest BCUT2D eigenvalue weighted by molar-refractivity contribution is 5.29. The lowest BCUT2D eigenvalue weighted by molar-refractivity contribution is 0.127. The molecule has 0 amide bonds. The summed E-state index contributed by atoms with van der Waals surface area (Å²) in [6, 6.07) is 6.87. The third kappa shape index (κ3) is 36.9. The number of hydrogen-bond acceptors (Lipinski definition) is 2. The first kappa shape index (κ1) is 56.3. The van der Waals surface area contributed by atoms with E-state index in [0.717, 1.165) is 31.5 Å². The van der Waals surface area contributed by atoms with E-state index < -0.39 is 0 Å². The van der Waals surface area contributed by atoms with E-state index in [1.165, 1.54) is 144 Å². The van der Waals surface area contributed by atoms with Gasteiger partial charge in [0.2, 0.25) is 0 Å². The van der Waals surface area contributed by atoms with E-state index in [1.807, 2.05) is 32.9 Å². The lowest BCUT2D eigenvalue weighted by Crippen LogP contribution is -2.36. The maximum absolute atomic E-state index is 4.06. The molecule has 2 heteroatoms. The molecule has 0 radical (unpaired) electrons. The largest absolute Gasteiger partial charge is 0.389 e. The maximum atomic E-state index is 4.06. The monoisotopic (exact) mass is 751 g/mol.